The average Bonchev–Trinajstić information content (AvgIpc) is 2.35. The summed E-state index contributed by atoms with van der Waals surface area (Å²) in [5.74, 6) is -1.74. The van der Waals surface area contributed by atoms with E-state index in [1.807, 2.05) is 6.07 Å². The van der Waals surface area contributed by atoms with Crippen molar-refractivity contribution in [3.63, 3.8) is 0 Å². The molecule has 0 aliphatic carbocycles. The van der Waals surface area contributed by atoms with Crippen LogP contribution in [0.1, 0.15) is 25.5 Å². The maximum absolute atomic E-state index is 11.9. The van der Waals surface area contributed by atoms with Crippen LogP contribution in [0.15, 0.2) is 30.3 Å². The molecule has 2 atom stereocenters. The van der Waals surface area contributed by atoms with Crippen molar-refractivity contribution in [3.8, 4) is 0 Å². The van der Waals surface area contributed by atoms with Crippen LogP contribution in [-0.4, -0.2) is 23.0 Å². The highest BCUT2D eigenvalue weighted by atomic mass is 16.4. The second kappa shape index (κ2) is 6.16. The van der Waals surface area contributed by atoms with Gasteiger partial charge in [-0.3, -0.25) is 4.79 Å². The van der Waals surface area contributed by atoms with Crippen LogP contribution in [0.25, 0.3) is 0 Å². The third-order valence-corrected chi connectivity index (χ3v) is 2.67. The summed E-state index contributed by atoms with van der Waals surface area (Å²) in [7, 11) is 0. The van der Waals surface area contributed by atoms with Crippen LogP contribution >= 0.6 is 0 Å². The molecule has 1 aromatic carbocycles. The van der Waals surface area contributed by atoms with E-state index in [1.54, 1.807) is 38.1 Å². The Kier molecular flexibility index (Phi) is 4.85. The molecule has 0 bridgehead atoms. The number of hydrogen-bond donors (Lipinski definition) is 3. The zero-order valence-electron chi connectivity index (χ0n) is 10.5. The molecule has 5 heteroatoms. The maximum Gasteiger partial charge on any atom is 0.326 e. The van der Waals surface area contributed by atoms with E-state index in [9.17, 15) is 9.59 Å². The Hall–Kier alpha value is -1.88. The molecule has 0 saturated carbocycles. The van der Waals surface area contributed by atoms with Crippen molar-refractivity contribution in [1.29, 1.82) is 0 Å². The quantitative estimate of drug-likeness (QED) is 0.724. The van der Waals surface area contributed by atoms with E-state index < -0.39 is 24.0 Å². The second-order valence-electron chi connectivity index (χ2n) is 4.46. The molecule has 0 aliphatic rings. The third kappa shape index (κ3) is 3.56. The molecule has 0 fully saturated rings. The standard InChI is InChI=1S/C13H18N2O3/c1-8(2)11(13(17)18)15-12(16)10(14)9-6-4-3-5-7-9/h3-8,10-11H,14H2,1-2H3,(H,15,16)(H,17,18)/t10-,11?/m0/s1. The summed E-state index contributed by atoms with van der Waals surface area (Å²) in [5.41, 5.74) is 6.44. The fourth-order valence-electron chi connectivity index (χ4n) is 1.57. The smallest absolute Gasteiger partial charge is 0.326 e. The van der Waals surface area contributed by atoms with Gasteiger partial charge in [0.15, 0.2) is 0 Å². The van der Waals surface area contributed by atoms with Crippen molar-refractivity contribution in [2.24, 2.45) is 11.7 Å². The van der Waals surface area contributed by atoms with Crippen LogP contribution in [0.5, 0.6) is 0 Å². The highest BCUT2D eigenvalue weighted by molar-refractivity contribution is 5.87. The van der Waals surface area contributed by atoms with Crippen LogP contribution in [-0.2, 0) is 9.59 Å². The molecule has 4 N–H and O–H groups in total. The number of carbonyl (C=O) groups excluding carboxylic acids is 1. The van der Waals surface area contributed by atoms with E-state index in [0.717, 1.165) is 0 Å². The van der Waals surface area contributed by atoms with Gasteiger partial charge in [-0.15, -0.1) is 0 Å². The summed E-state index contributed by atoms with van der Waals surface area (Å²) in [6, 6.07) is 7.06. The number of aliphatic carboxylic acids is 1. The predicted octanol–water partition coefficient (Wildman–Crippen LogP) is 0.912. The minimum atomic E-state index is -1.06. The Labute approximate surface area is 106 Å². The summed E-state index contributed by atoms with van der Waals surface area (Å²) >= 11 is 0. The van der Waals surface area contributed by atoms with Crippen LogP contribution in [0.4, 0.5) is 0 Å². The number of carboxylic acid groups (broad SMARTS) is 1. The topological polar surface area (TPSA) is 92.4 Å². The zero-order valence-corrected chi connectivity index (χ0v) is 10.5. The number of carboxylic acids is 1. The molecule has 0 aliphatic heterocycles. The molecular formula is C13H18N2O3. The number of nitrogens with two attached hydrogens (primary N) is 1. The number of amides is 1. The summed E-state index contributed by atoms with van der Waals surface area (Å²) in [5, 5.41) is 11.4. The molecule has 5 nitrogen and oxygen atoms in total. The van der Waals surface area contributed by atoms with Gasteiger partial charge in [0.1, 0.15) is 12.1 Å². The Morgan fingerprint density at radius 1 is 1.22 bits per heavy atom. The average molecular weight is 250 g/mol. The maximum atomic E-state index is 11.9. The molecule has 18 heavy (non-hydrogen) atoms. The highest BCUT2D eigenvalue weighted by Gasteiger charge is 2.26. The van der Waals surface area contributed by atoms with Crippen LogP contribution in [0.2, 0.25) is 0 Å². The molecule has 0 heterocycles. The van der Waals surface area contributed by atoms with Crippen molar-refractivity contribution < 1.29 is 14.7 Å². The zero-order chi connectivity index (χ0) is 13.7. The Balaban J connectivity index is 2.73. The largest absolute Gasteiger partial charge is 0.480 e. The van der Waals surface area contributed by atoms with Gasteiger partial charge >= 0.3 is 5.97 Å². The lowest BCUT2D eigenvalue weighted by Crippen LogP contribution is -2.47. The fraction of sp³-hybridized carbons (Fsp3) is 0.385. The van der Waals surface area contributed by atoms with E-state index in [1.165, 1.54) is 0 Å². The molecular weight excluding hydrogens is 232 g/mol. The predicted molar refractivity (Wildman–Crippen MR) is 67.8 cm³/mol. The molecule has 1 rings (SSSR count). The van der Waals surface area contributed by atoms with Gasteiger partial charge in [-0.2, -0.15) is 0 Å². The number of carbonyl (C=O) groups is 2. The van der Waals surface area contributed by atoms with Crippen molar-refractivity contribution in [2.75, 3.05) is 0 Å². The van der Waals surface area contributed by atoms with Crippen molar-refractivity contribution in [3.05, 3.63) is 35.9 Å². The minimum Gasteiger partial charge on any atom is -0.480 e. The van der Waals surface area contributed by atoms with E-state index in [4.69, 9.17) is 10.8 Å². The molecule has 1 aromatic rings. The monoisotopic (exact) mass is 250 g/mol. The lowest BCUT2D eigenvalue weighted by Gasteiger charge is -2.20. The van der Waals surface area contributed by atoms with E-state index in [0.29, 0.717) is 5.56 Å². The van der Waals surface area contributed by atoms with Gasteiger partial charge in [-0.1, -0.05) is 44.2 Å². The van der Waals surface area contributed by atoms with Crippen molar-refractivity contribution in [1.82, 2.24) is 5.32 Å². The molecule has 98 valence electrons. The fourth-order valence-corrected chi connectivity index (χ4v) is 1.57. The first-order valence-electron chi connectivity index (χ1n) is 5.77. The van der Waals surface area contributed by atoms with Crippen molar-refractivity contribution in [2.45, 2.75) is 25.9 Å². The molecule has 1 unspecified atom stereocenters. The van der Waals surface area contributed by atoms with Gasteiger partial charge in [0, 0.05) is 0 Å². The SMILES string of the molecule is CC(C)C(NC(=O)[C@@H](N)c1ccccc1)C(=O)O. The van der Waals surface area contributed by atoms with Gasteiger partial charge < -0.3 is 16.2 Å². The van der Waals surface area contributed by atoms with Crippen LogP contribution in [0.3, 0.4) is 0 Å². The van der Waals surface area contributed by atoms with Gasteiger partial charge in [-0.25, -0.2) is 4.79 Å². The lowest BCUT2D eigenvalue weighted by atomic mass is 10.0. The minimum absolute atomic E-state index is 0.200. The van der Waals surface area contributed by atoms with Crippen molar-refractivity contribution >= 4 is 11.9 Å². The van der Waals surface area contributed by atoms with E-state index in [-0.39, 0.29) is 5.92 Å². The summed E-state index contributed by atoms with van der Waals surface area (Å²) in [4.78, 5) is 22.8. The summed E-state index contributed by atoms with van der Waals surface area (Å²) < 4.78 is 0. The third-order valence-electron chi connectivity index (χ3n) is 2.67. The number of nitrogens with one attached hydrogen (secondary N) is 1. The van der Waals surface area contributed by atoms with E-state index >= 15 is 0 Å². The Morgan fingerprint density at radius 3 is 2.22 bits per heavy atom. The summed E-state index contributed by atoms with van der Waals surface area (Å²) in [6.07, 6.45) is 0. The molecule has 0 saturated heterocycles. The molecule has 0 aromatic heterocycles. The first kappa shape index (κ1) is 14.2. The Bertz CT molecular complexity index is 418. The normalized spacial score (nSPS) is 14.0. The Morgan fingerprint density at radius 2 is 1.78 bits per heavy atom. The van der Waals surface area contributed by atoms with Crippen LogP contribution < -0.4 is 11.1 Å². The van der Waals surface area contributed by atoms with Gasteiger partial charge in [0.05, 0.1) is 0 Å². The van der Waals surface area contributed by atoms with Gasteiger partial charge in [-0.05, 0) is 11.5 Å². The second-order valence-corrected chi connectivity index (χ2v) is 4.46. The van der Waals surface area contributed by atoms with Gasteiger partial charge in [0.2, 0.25) is 5.91 Å². The van der Waals surface area contributed by atoms with Gasteiger partial charge in [0.25, 0.3) is 0 Å². The first-order valence-corrected chi connectivity index (χ1v) is 5.77. The highest BCUT2D eigenvalue weighted by Crippen LogP contribution is 2.11. The molecule has 0 spiro atoms. The number of benzene rings is 1. The molecule has 0 radical (unpaired) electrons. The first-order chi connectivity index (χ1) is 8.43. The summed E-state index contributed by atoms with van der Waals surface area (Å²) in [6.45, 7) is 3.46. The number of rotatable bonds is 5. The lowest BCUT2D eigenvalue weighted by molar-refractivity contribution is -0.143. The van der Waals surface area contributed by atoms with E-state index in [2.05, 4.69) is 5.32 Å². The van der Waals surface area contributed by atoms with Crippen LogP contribution in [0, 0.1) is 5.92 Å². The number of hydrogen-bond acceptors (Lipinski definition) is 3. The molecule has 1 amide bonds.